The van der Waals surface area contributed by atoms with Gasteiger partial charge in [-0.25, -0.2) is 0 Å². The Bertz CT molecular complexity index is 910. The molecule has 0 saturated carbocycles. The number of carbonyl (C=O) groups is 1. The summed E-state index contributed by atoms with van der Waals surface area (Å²) in [5.74, 6) is -0.195. The van der Waals surface area contributed by atoms with E-state index in [0.717, 1.165) is 24.0 Å². The first-order chi connectivity index (χ1) is 14.3. The Morgan fingerprint density at radius 1 is 1.27 bits per heavy atom. The number of carbonyl (C=O) groups excluding carboxylic acids is 1. The molecule has 1 aliphatic heterocycles. The number of hydrogen-bond donors (Lipinski definition) is 1. The van der Waals surface area contributed by atoms with E-state index in [1.165, 1.54) is 0 Å². The van der Waals surface area contributed by atoms with Crippen LogP contribution in [0.4, 0.5) is 0 Å². The van der Waals surface area contributed by atoms with Crippen LogP contribution >= 0.6 is 11.6 Å². The monoisotopic (exact) mass is 425 g/mol. The number of nitrogens with zero attached hydrogens (tertiary/aromatic N) is 2. The van der Waals surface area contributed by atoms with Crippen molar-refractivity contribution < 1.29 is 9.53 Å². The molecule has 1 heterocycles. The first kappa shape index (κ1) is 22.3. The van der Waals surface area contributed by atoms with Gasteiger partial charge in [-0.05, 0) is 49.9 Å². The van der Waals surface area contributed by atoms with E-state index in [1.807, 2.05) is 68.4 Å². The third-order valence-corrected chi connectivity index (χ3v) is 5.96. The molecule has 1 fully saturated rings. The van der Waals surface area contributed by atoms with Gasteiger partial charge in [-0.3, -0.25) is 4.79 Å². The highest BCUT2D eigenvalue weighted by molar-refractivity contribution is 6.30. The number of nitriles is 1. The molecule has 0 bridgehead atoms. The van der Waals surface area contributed by atoms with Crippen LogP contribution in [0.2, 0.25) is 5.02 Å². The van der Waals surface area contributed by atoms with Crippen molar-refractivity contribution in [3.63, 3.8) is 0 Å². The lowest BCUT2D eigenvalue weighted by Gasteiger charge is -2.37. The summed E-state index contributed by atoms with van der Waals surface area (Å²) in [6.07, 6.45) is 1.50. The quantitative estimate of drug-likeness (QED) is 0.709. The fourth-order valence-corrected chi connectivity index (χ4v) is 4.28. The predicted molar refractivity (Wildman–Crippen MR) is 118 cm³/mol. The van der Waals surface area contributed by atoms with E-state index >= 15 is 0 Å². The van der Waals surface area contributed by atoms with Crippen LogP contribution in [0.3, 0.4) is 0 Å². The summed E-state index contributed by atoms with van der Waals surface area (Å²) in [5.41, 5.74) is 7.56. The van der Waals surface area contributed by atoms with Crippen molar-refractivity contribution in [2.75, 3.05) is 6.61 Å². The van der Waals surface area contributed by atoms with E-state index in [2.05, 4.69) is 6.07 Å². The van der Waals surface area contributed by atoms with Gasteiger partial charge in [0.2, 0.25) is 5.91 Å². The lowest BCUT2D eigenvalue weighted by molar-refractivity contribution is -0.139. The van der Waals surface area contributed by atoms with Gasteiger partial charge in [0.15, 0.2) is 0 Å². The molecule has 158 valence electrons. The molecule has 3 rings (SSSR count). The Kier molecular flexibility index (Phi) is 7.14. The van der Waals surface area contributed by atoms with Crippen molar-refractivity contribution in [2.45, 2.75) is 51.4 Å². The molecule has 2 aromatic rings. The van der Waals surface area contributed by atoms with Crippen molar-refractivity contribution >= 4 is 17.5 Å². The molecule has 0 aliphatic carbocycles. The zero-order valence-corrected chi connectivity index (χ0v) is 18.2. The zero-order valence-electron chi connectivity index (χ0n) is 17.4. The Balaban J connectivity index is 1.77. The third kappa shape index (κ3) is 5.02. The zero-order chi connectivity index (χ0) is 21.7. The van der Waals surface area contributed by atoms with Crippen molar-refractivity contribution in [3.05, 3.63) is 70.7 Å². The summed E-state index contributed by atoms with van der Waals surface area (Å²) in [6, 6.07) is 18.5. The summed E-state index contributed by atoms with van der Waals surface area (Å²) in [4.78, 5) is 15.2. The first-order valence-electron chi connectivity index (χ1n) is 10.2. The van der Waals surface area contributed by atoms with E-state index < -0.39 is 11.5 Å². The van der Waals surface area contributed by atoms with Gasteiger partial charge in [0, 0.05) is 5.02 Å². The highest BCUT2D eigenvalue weighted by atomic mass is 35.5. The van der Waals surface area contributed by atoms with Crippen LogP contribution in [-0.2, 0) is 16.1 Å². The number of hydrogen-bond acceptors (Lipinski definition) is 4. The van der Waals surface area contributed by atoms with Crippen LogP contribution in [0.15, 0.2) is 54.6 Å². The van der Waals surface area contributed by atoms with E-state index in [9.17, 15) is 10.1 Å². The summed E-state index contributed by atoms with van der Waals surface area (Å²) in [6.45, 7) is 4.25. The van der Waals surface area contributed by atoms with Crippen molar-refractivity contribution in [3.8, 4) is 6.07 Å². The maximum Gasteiger partial charge on any atom is 0.242 e. The van der Waals surface area contributed by atoms with Crippen molar-refractivity contribution in [1.82, 2.24) is 4.90 Å². The van der Waals surface area contributed by atoms with Gasteiger partial charge < -0.3 is 15.4 Å². The van der Waals surface area contributed by atoms with Crippen LogP contribution in [0.1, 0.15) is 43.9 Å². The fraction of sp³-hybridized carbons (Fsp3) is 0.417. The number of nitrogens with two attached hydrogens (primary N) is 1. The number of ether oxygens (including phenoxy) is 1. The molecule has 2 N–H and O–H groups in total. The maximum atomic E-state index is 13.4. The molecule has 1 amide bonds. The topological polar surface area (TPSA) is 79.4 Å². The molecule has 30 heavy (non-hydrogen) atoms. The van der Waals surface area contributed by atoms with Crippen molar-refractivity contribution in [2.24, 2.45) is 11.1 Å². The minimum atomic E-state index is -0.800. The van der Waals surface area contributed by atoms with Crippen LogP contribution in [0.5, 0.6) is 0 Å². The molecule has 5 nitrogen and oxygen atoms in total. The summed E-state index contributed by atoms with van der Waals surface area (Å²) < 4.78 is 5.71. The summed E-state index contributed by atoms with van der Waals surface area (Å²) >= 11 is 6.19. The van der Waals surface area contributed by atoms with Gasteiger partial charge >= 0.3 is 0 Å². The lowest BCUT2D eigenvalue weighted by Crippen LogP contribution is -2.52. The molecule has 0 spiro atoms. The van der Waals surface area contributed by atoms with Gasteiger partial charge in [0.25, 0.3) is 0 Å². The van der Waals surface area contributed by atoms with Crippen molar-refractivity contribution in [1.29, 1.82) is 5.26 Å². The highest BCUT2D eigenvalue weighted by Gasteiger charge is 2.46. The molecule has 1 unspecified atom stereocenters. The second-order valence-electron chi connectivity index (χ2n) is 8.35. The number of likely N-dealkylation sites (tertiary alicyclic amines) is 1. The summed E-state index contributed by atoms with van der Waals surface area (Å²) in [7, 11) is 0. The fourth-order valence-electron chi connectivity index (χ4n) is 4.08. The smallest absolute Gasteiger partial charge is 0.242 e. The minimum Gasteiger partial charge on any atom is -0.375 e. The standard InChI is InChI=1S/C24H28ClN3O2/c1-24(2,16-26)22-12-11-21(18-9-6-10-19(25)13-18)28(22)23(29)20(27)15-30-14-17-7-4-3-5-8-17/h3-10,13,20-22H,11-12,14-15,27H2,1-2H3/t20?,21-,22+/m0/s1. The lowest BCUT2D eigenvalue weighted by atomic mass is 9.84. The molecule has 1 saturated heterocycles. The number of amides is 1. The first-order valence-corrected chi connectivity index (χ1v) is 10.6. The molecular formula is C24H28ClN3O2. The van der Waals surface area contributed by atoms with Gasteiger partial charge in [0.05, 0.1) is 36.8 Å². The molecular weight excluding hydrogens is 398 g/mol. The van der Waals surface area contributed by atoms with Crippen LogP contribution in [0.25, 0.3) is 0 Å². The number of benzene rings is 2. The second-order valence-corrected chi connectivity index (χ2v) is 8.79. The van der Waals surface area contributed by atoms with Gasteiger partial charge in [-0.15, -0.1) is 0 Å². The van der Waals surface area contributed by atoms with Crippen LogP contribution in [-0.4, -0.2) is 29.5 Å². The van der Waals surface area contributed by atoms with Gasteiger partial charge in [0.1, 0.15) is 6.04 Å². The average molecular weight is 426 g/mol. The normalized spacial score (nSPS) is 20.0. The Labute approximate surface area is 183 Å². The molecule has 0 aromatic heterocycles. The molecule has 0 radical (unpaired) electrons. The SMILES string of the molecule is CC(C)(C#N)[C@H]1CC[C@@H](c2cccc(Cl)c2)N1C(=O)C(N)COCc1ccccc1. The van der Waals surface area contributed by atoms with Crippen LogP contribution in [0, 0.1) is 16.7 Å². The highest BCUT2D eigenvalue weighted by Crippen LogP contribution is 2.43. The molecule has 1 aliphatic rings. The Morgan fingerprint density at radius 2 is 2.00 bits per heavy atom. The van der Waals surface area contributed by atoms with Gasteiger partial charge in [-0.2, -0.15) is 5.26 Å². The van der Waals surface area contributed by atoms with E-state index in [4.69, 9.17) is 22.1 Å². The Morgan fingerprint density at radius 3 is 2.67 bits per heavy atom. The Hall–Kier alpha value is -2.39. The third-order valence-electron chi connectivity index (χ3n) is 5.72. The van der Waals surface area contributed by atoms with E-state index in [0.29, 0.717) is 11.6 Å². The maximum absolute atomic E-state index is 13.4. The number of rotatable bonds is 7. The molecule has 2 aromatic carbocycles. The molecule has 3 atom stereocenters. The van der Waals surface area contributed by atoms with E-state index in [1.54, 1.807) is 4.90 Å². The summed E-state index contributed by atoms with van der Waals surface area (Å²) in [5, 5.41) is 10.3. The van der Waals surface area contributed by atoms with E-state index in [-0.39, 0.29) is 24.6 Å². The minimum absolute atomic E-state index is 0.117. The number of halogens is 1. The van der Waals surface area contributed by atoms with Crippen LogP contribution < -0.4 is 5.73 Å². The average Bonchev–Trinajstić information content (AvgIpc) is 3.20. The predicted octanol–water partition coefficient (Wildman–Crippen LogP) is 4.47. The molecule has 6 heteroatoms. The van der Waals surface area contributed by atoms with Gasteiger partial charge in [-0.1, -0.05) is 54.1 Å². The largest absolute Gasteiger partial charge is 0.375 e. The second kappa shape index (κ2) is 9.61.